The maximum absolute atomic E-state index is 6.06. The maximum atomic E-state index is 6.06. The highest BCUT2D eigenvalue weighted by Crippen LogP contribution is 2.35. The first-order chi connectivity index (χ1) is 11.8. The highest BCUT2D eigenvalue weighted by Gasteiger charge is 2.11. The van der Waals surface area contributed by atoms with Crippen molar-refractivity contribution in [1.29, 1.82) is 0 Å². The number of benzene rings is 4. The van der Waals surface area contributed by atoms with E-state index in [-0.39, 0.29) is 0 Å². The molecule has 4 aromatic carbocycles. The van der Waals surface area contributed by atoms with Gasteiger partial charge < -0.3 is 4.42 Å². The molecule has 0 spiro atoms. The summed E-state index contributed by atoms with van der Waals surface area (Å²) < 4.78 is 6.06. The van der Waals surface area contributed by atoms with Crippen LogP contribution in [0.2, 0.25) is 0 Å². The molecule has 0 unspecified atom stereocenters. The molecule has 0 bridgehead atoms. The maximum Gasteiger partial charge on any atom is 0.138 e. The Morgan fingerprint density at radius 2 is 1.46 bits per heavy atom. The number of aryl methyl sites for hydroxylation is 1. The summed E-state index contributed by atoms with van der Waals surface area (Å²) >= 11 is 0. The van der Waals surface area contributed by atoms with E-state index in [9.17, 15) is 0 Å². The van der Waals surface area contributed by atoms with Crippen LogP contribution >= 0.6 is 0 Å². The van der Waals surface area contributed by atoms with E-state index in [1.165, 1.54) is 38.2 Å². The highest BCUT2D eigenvalue weighted by atomic mass is 16.3. The molecule has 0 aliphatic heterocycles. The van der Waals surface area contributed by atoms with Crippen LogP contribution in [0.5, 0.6) is 0 Å². The van der Waals surface area contributed by atoms with Crippen molar-refractivity contribution in [2.45, 2.75) is 6.92 Å². The lowest BCUT2D eigenvalue weighted by atomic mass is 9.97. The monoisotopic (exact) mass is 308 g/mol. The molecule has 24 heavy (non-hydrogen) atoms. The lowest BCUT2D eigenvalue weighted by Crippen LogP contribution is -1.81. The van der Waals surface area contributed by atoms with Gasteiger partial charge in [0.1, 0.15) is 11.2 Å². The minimum absolute atomic E-state index is 0.947. The van der Waals surface area contributed by atoms with Gasteiger partial charge in [0.15, 0.2) is 0 Å². The van der Waals surface area contributed by atoms with Crippen LogP contribution in [0, 0.1) is 6.92 Å². The fourth-order valence-corrected chi connectivity index (χ4v) is 3.58. The normalized spacial score (nSPS) is 11.5. The Kier molecular flexibility index (Phi) is 2.77. The molecule has 1 nitrogen and oxygen atoms in total. The summed E-state index contributed by atoms with van der Waals surface area (Å²) in [4.78, 5) is 0. The zero-order valence-corrected chi connectivity index (χ0v) is 13.4. The van der Waals surface area contributed by atoms with E-state index in [0.29, 0.717) is 0 Å². The molecule has 1 aromatic heterocycles. The van der Waals surface area contributed by atoms with E-state index in [2.05, 4.69) is 85.8 Å². The van der Waals surface area contributed by atoms with Crippen molar-refractivity contribution in [3.8, 4) is 11.1 Å². The van der Waals surface area contributed by atoms with Crippen LogP contribution in [0.25, 0.3) is 43.8 Å². The van der Waals surface area contributed by atoms with Gasteiger partial charge in [-0.2, -0.15) is 0 Å². The van der Waals surface area contributed by atoms with Crippen LogP contribution in [0.4, 0.5) is 0 Å². The SMILES string of the molecule is Cc1cccc2c1oc1ccc(-c3cccc4ccccc34)cc12. The predicted octanol–water partition coefficient (Wildman–Crippen LogP) is 6.71. The van der Waals surface area contributed by atoms with Gasteiger partial charge in [-0.25, -0.2) is 0 Å². The van der Waals surface area contributed by atoms with Crippen LogP contribution in [-0.2, 0) is 0 Å². The summed E-state index contributed by atoms with van der Waals surface area (Å²) in [5.74, 6) is 0. The van der Waals surface area contributed by atoms with Crippen LogP contribution < -0.4 is 0 Å². The molecule has 1 heteroatoms. The number of rotatable bonds is 1. The van der Waals surface area contributed by atoms with Gasteiger partial charge in [0.2, 0.25) is 0 Å². The molecule has 0 fully saturated rings. The second kappa shape index (κ2) is 4.97. The molecule has 0 radical (unpaired) electrons. The lowest BCUT2D eigenvalue weighted by Gasteiger charge is -2.07. The first kappa shape index (κ1) is 13.4. The molecular formula is C23H16O. The summed E-state index contributed by atoms with van der Waals surface area (Å²) in [6.45, 7) is 2.09. The third-order valence-electron chi connectivity index (χ3n) is 4.79. The van der Waals surface area contributed by atoms with Crippen LogP contribution in [0.1, 0.15) is 5.56 Å². The van der Waals surface area contributed by atoms with E-state index in [0.717, 1.165) is 11.2 Å². The van der Waals surface area contributed by atoms with Gasteiger partial charge in [0.05, 0.1) is 0 Å². The van der Waals surface area contributed by atoms with Gasteiger partial charge in [-0.1, -0.05) is 66.7 Å². The predicted molar refractivity (Wildman–Crippen MR) is 101 cm³/mol. The molecule has 0 amide bonds. The van der Waals surface area contributed by atoms with Gasteiger partial charge >= 0.3 is 0 Å². The number of para-hydroxylation sites is 1. The van der Waals surface area contributed by atoms with E-state index in [1.807, 2.05) is 0 Å². The van der Waals surface area contributed by atoms with Crippen molar-refractivity contribution in [3.63, 3.8) is 0 Å². The molecular weight excluding hydrogens is 292 g/mol. The first-order valence-corrected chi connectivity index (χ1v) is 8.21. The Morgan fingerprint density at radius 1 is 0.667 bits per heavy atom. The Morgan fingerprint density at radius 3 is 2.42 bits per heavy atom. The summed E-state index contributed by atoms with van der Waals surface area (Å²) in [5, 5.41) is 4.91. The topological polar surface area (TPSA) is 13.1 Å². The van der Waals surface area contributed by atoms with Crippen molar-refractivity contribution < 1.29 is 4.42 Å². The number of furan rings is 1. The van der Waals surface area contributed by atoms with Crippen molar-refractivity contribution in [2.24, 2.45) is 0 Å². The Balaban J connectivity index is 1.84. The smallest absolute Gasteiger partial charge is 0.138 e. The molecule has 0 aliphatic rings. The molecule has 0 aliphatic carbocycles. The molecule has 0 saturated carbocycles. The Labute approximate surface area is 140 Å². The zero-order valence-electron chi connectivity index (χ0n) is 13.4. The molecule has 5 rings (SSSR count). The van der Waals surface area contributed by atoms with Gasteiger partial charge in [-0.3, -0.25) is 0 Å². The second-order valence-electron chi connectivity index (χ2n) is 6.29. The van der Waals surface area contributed by atoms with Crippen molar-refractivity contribution in [1.82, 2.24) is 0 Å². The van der Waals surface area contributed by atoms with Gasteiger partial charge in [0.25, 0.3) is 0 Å². The fourth-order valence-electron chi connectivity index (χ4n) is 3.58. The molecule has 0 saturated heterocycles. The minimum Gasteiger partial charge on any atom is -0.456 e. The van der Waals surface area contributed by atoms with Gasteiger partial charge in [-0.05, 0) is 46.5 Å². The minimum atomic E-state index is 0.947. The number of hydrogen-bond donors (Lipinski definition) is 0. The number of hydrogen-bond acceptors (Lipinski definition) is 1. The fraction of sp³-hybridized carbons (Fsp3) is 0.0435. The molecule has 114 valence electrons. The van der Waals surface area contributed by atoms with Crippen LogP contribution in [0.15, 0.2) is 83.3 Å². The Hall–Kier alpha value is -3.06. The third-order valence-corrected chi connectivity index (χ3v) is 4.79. The highest BCUT2D eigenvalue weighted by molar-refractivity contribution is 6.08. The molecule has 0 N–H and O–H groups in total. The largest absolute Gasteiger partial charge is 0.456 e. The summed E-state index contributed by atoms with van der Waals surface area (Å²) in [6.07, 6.45) is 0. The van der Waals surface area contributed by atoms with E-state index in [1.54, 1.807) is 0 Å². The number of fused-ring (bicyclic) bond motifs is 4. The van der Waals surface area contributed by atoms with Gasteiger partial charge in [0, 0.05) is 10.8 Å². The quantitative estimate of drug-likeness (QED) is 0.335. The van der Waals surface area contributed by atoms with E-state index in [4.69, 9.17) is 4.42 Å². The molecule has 1 heterocycles. The standard InChI is InChI=1S/C23H16O/c1-15-6-4-11-20-21-14-17(12-13-22(21)24-23(15)20)19-10-5-8-16-7-2-3-9-18(16)19/h2-14H,1H3. The average Bonchev–Trinajstić information content (AvgIpc) is 3.01. The summed E-state index contributed by atoms with van der Waals surface area (Å²) in [6, 6.07) is 27.8. The van der Waals surface area contributed by atoms with E-state index < -0.39 is 0 Å². The first-order valence-electron chi connectivity index (χ1n) is 8.21. The van der Waals surface area contributed by atoms with Crippen molar-refractivity contribution >= 4 is 32.7 Å². The van der Waals surface area contributed by atoms with Crippen LogP contribution in [0.3, 0.4) is 0 Å². The second-order valence-corrected chi connectivity index (χ2v) is 6.29. The Bertz CT molecular complexity index is 1210. The lowest BCUT2D eigenvalue weighted by molar-refractivity contribution is 0.666. The average molecular weight is 308 g/mol. The van der Waals surface area contributed by atoms with Crippen molar-refractivity contribution in [2.75, 3.05) is 0 Å². The zero-order chi connectivity index (χ0) is 16.1. The van der Waals surface area contributed by atoms with E-state index >= 15 is 0 Å². The van der Waals surface area contributed by atoms with Crippen LogP contribution in [-0.4, -0.2) is 0 Å². The third kappa shape index (κ3) is 1.88. The molecule has 5 aromatic rings. The summed E-state index contributed by atoms with van der Waals surface area (Å²) in [7, 11) is 0. The van der Waals surface area contributed by atoms with Crippen molar-refractivity contribution in [3.05, 3.63) is 84.4 Å². The summed E-state index contributed by atoms with van der Waals surface area (Å²) in [5.41, 5.74) is 5.60. The molecule has 0 atom stereocenters. The van der Waals surface area contributed by atoms with Gasteiger partial charge in [-0.15, -0.1) is 0 Å².